The van der Waals surface area contributed by atoms with Gasteiger partial charge in [0.2, 0.25) is 0 Å². The largest absolute Gasteiger partial charge is 0.370 e. The van der Waals surface area contributed by atoms with Crippen molar-refractivity contribution < 1.29 is 4.74 Å². The lowest BCUT2D eigenvalue weighted by Gasteiger charge is -2.45. The lowest BCUT2D eigenvalue weighted by molar-refractivity contribution is -0.144. The molecule has 2 fully saturated rings. The van der Waals surface area contributed by atoms with Crippen LogP contribution in [0.2, 0.25) is 0 Å². The second-order valence-corrected chi connectivity index (χ2v) is 7.65. The topological polar surface area (TPSA) is 21.3 Å². The van der Waals surface area contributed by atoms with E-state index in [1.54, 1.807) is 0 Å². The number of rotatable bonds is 7. The molecule has 0 heterocycles. The van der Waals surface area contributed by atoms with Crippen molar-refractivity contribution in [2.24, 2.45) is 11.8 Å². The van der Waals surface area contributed by atoms with E-state index in [2.05, 4.69) is 26.1 Å². The first-order valence-electron chi connectivity index (χ1n) is 9.57. The molecule has 0 aromatic heterocycles. The predicted molar refractivity (Wildman–Crippen MR) is 90.6 cm³/mol. The Kier molecular flexibility index (Phi) is 7.01. The Balaban J connectivity index is 1.97. The van der Waals surface area contributed by atoms with Gasteiger partial charge in [0.05, 0.1) is 11.7 Å². The molecule has 0 amide bonds. The van der Waals surface area contributed by atoms with Gasteiger partial charge < -0.3 is 10.1 Å². The quantitative estimate of drug-likeness (QED) is 0.673. The van der Waals surface area contributed by atoms with E-state index in [9.17, 15) is 0 Å². The third-order valence-electron chi connectivity index (χ3n) is 5.82. The van der Waals surface area contributed by atoms with Gasteiger partial charge in [0, 0.05) is 6.54 Å². The van der Waals surface area contributed by atoms with Gasteiger partial charge in [0.1, 0.15) is 0 Å². The summed E-state index contributed by atoms with van der Waals surface area (Å²) in [4.78, 5) is 0. The summed E-state index contributed by atoms with van der Waals surface area (Å²) in [7, 11) is 0. The molecular formula is C19H37NO. The molecule has 2 nitrogen and oxygen atoms in total. The zero-order valence-corrected chi connectivity index (χ0v) is 14.6. The third kappa shape index (κ3) is 4.96. The summed E-state index contributed by atoms with van der Waals surface area (Å²) in [5.74, 6) is 1.70. The van der Waals surface area contributed by atoms with Crippen molar-refractivity contribution in [3.05, 3.63) is 0 Å². The van der Waals surface area contributed by atoms with E-state index in [0.29, 0.717) is 6.10 Å². The van der Waals surface area contributed by atoms with Crippen LogP contribution in [0.15, 0.2) is 0 Å². The normalized spacial score (nSPS) is 37.6. The maximum Gasteiger partial charge on any atom is 0.0810 e. The second kappa shape index (κ2) is 8.53. The summed E-state index contributed by atoms with van der Waals surface area (Å²) in [6.45, 7) is 9.19. The lowest BCUT2D eigenvalue weighted by Crippen LogP contribution is -2.49. The van der Waals surface area contributed by atoms with Crippen molar-refractivity contribution in [1.29, 1.82) is 0 Å². The molecule has 2 aliphatic rings. The molecule has 2 rings (SSSR count). The lowest BCUT2D eigenvalue weighted by atomic mass is 9.78. The van der Waals surface area contributed by atoms with Crippen LogP contribution in [0.1, 0.15) is 85.0 Å². The fraction of sp³-hybridized carbons (Fsp3) is 1.00. The Hall–Kier alpha value is -0.0800. The standard InChI is InChI=1S/C19H37NO/c1-4-14-20-15-19(12-10-16(3)11-13-19)21-18-9-7-6-8-17(18)5-2/h16-18,20H,4-15H2,1-3H3. The van der Waals surface area contributed by atoms with Crippen molar-refractivity contribution in [1.82, 2.24) is 5.32 Å². The van der Waals surface area contributed by atoms with E-state index >= 15 is 0 Å². The zero-order chi connectivity index (χ0) is 15.1. The van der Waals surface area contributed by atoms with Gasteiger partial charge in [-0.3, -0.25) is 0 Å². The van der Waals surface area contributed by atoms with Gasteiger partial charge in [-0.15, -0.1) is 0 Å². The molecule has 21 heavy (non-hydrogen) atoms. The van der Waals surface area contributed by atoms with Crippen molar-refractivity contribution >= 4 is 0 Å². The summed E-state index contributed by atoms with van der Waals surface area (Å²) in [6, 6.07) is 0. The number of hydrogen-bond acceptors (Lipinski definition) is 2. The predicted octanol–water partition coefficient (Wildman–Crippen LogP) is 4.92. The van der Waals surface area contributed by atoms with Crippen molar-refractivity contribution in [3.63, 3.8) is 0 Å². The van der Waals surface area contributed by atoms with Crippen LogP contribution in [0.4, 0.5) is 0 Å². The fourth-order valence-corrected chi connectivity index (χ4v) is 4.23. The fourth-order valence-electron chi connectivity index (χ4n) is 4.23. The molecule has 2 saturated carbocycles. The highest BCUT2D eigenvalue weighted by Gasteiger charge is 2.39. The molecule has 2 atom stereocenters. The average Bonchev–Trinajstić information content (AvgIpc) is 2.51. The molecule has 2 heteroatoms. The molecule has 0 aromatic carbocycles. The highest BCUT2D eigenvalue weighted by atomic mass is 16.5. The van der Waals surface area contributed by atoms with Crippen molar-refractivity contribution in [2.45, 2.75) is 96.7 Å². The molecule has 0 saturated heterocycles. The van der Waals surface area contributed by atoms with Gasteiger partial charge in [-0.05, 0) is 63.3 Å². The molecule has 2 unspecified atom stereocenters. The first-order valence-corrected chi connectivity index (χ1v) is 9.57. The van der Waals surface area contributed by atoms with Gasteiger partial charge in [-0.25, -0.2) is 0 Å². The highest BCUT2D eigenvalue weighted by molar-refractivity contribution is 4.91. The molecule has 0 aliphatic heterocycles. The van der Waals surface area contributed by atoms with Crippen LogP contribution in [0.5, 0.6) is 0 Å². The van der Waals surface area contributed by atoms with Crippen LogP contribution in [0, 0.1) is 11.8 Å². The Morgan fingerprint density at radius 3 is 2.43 bits per heavy atom. The van der Waals surface area contributed by atoms with E-state index < -0.39 is 0 Å². The Morgan fingerprint density at radius 1 is 1.05 bits per heavy atom. The monoisotopic (exact) mass is 295 g/mol. The van der Waals surface area contributed by atoms with Crippen molar-refractivity contribution in [3.8, 4) is 0 Å². The molecule has 2 aliphatic carbocycles. The molecular weight excluding hydrogens is 258 g/mol. The third-order valence-corrected chi connectivity index (χ3v) is 5.82. The number of nitrogens with one attached hydrogen (secondary N) is 1. The summed E-state index contributed by atoms with van der Waals surface area (Å²) in [6.07, 6.45) is 13.7. The van der Waals surface area contributed by atoms with E-state index in [1.165, 1.54) is 64.2 Å². The van der Waals surface area contributed by atoms with Crippen LogP contribution < -0.4 is 5.32 Å². The van der Waals surface area contributed by atoms with Gasteiger partial charge in [-0.1, -0.05) is 40.0 Å². The Morgan fingerprint density at radius 2 is 1.76 bits per heavy atom. The molecule has 0 radical (unpaired) electrons. The van der Waals surface area contributed by atoms with Gasteiger partial charge in [0.25, 0.3) is 0 Å². The molecule has 1 N–H and O–H groups in total. The smallest absolute Gasteiger partial charge is 0.0810 e. The van der Waals surface area contributed by atoms with Crippen LogP contribution in [-0.2, 0) is 4.74 Å². The second-order valence-electron chi connectivity index (χ2n) is 7.65. The number of ether oxygens (including phenoxy) is 1. The maximum absolute atomic E-state index is 6.86. The van der Waals surface area contributed by atoms with Gasteiger partial charge in [0.15, 0.2) is 0 Å². The number of hydrogen-bond donors (Lipinski definition) is 1. The van der Waals surface area contributed by atoms with Crippen molar-refractivity contribution in [2.75, 3.05) is 13.1 Å². The Labute approximate surface area is 132 Å². The van der Waals surface area contributed by atoms with Crippen LogP contribution in [0.25, 0.3) is 0 Å². The van der Waals surface area contributed by atoms with E-state index in [1.807, 2.05) is 0 Å². The summed E-state index contributed by atoms with van der Waals surface area (Å²) in [5, 5.41) is 3.66. The summed E-state index contributed by atoms with van der Waals surface area (Å²) >= 11 is 0. The zero-order valence-electron chi connectivity index (χ0n) is 14.6. The minimum atomic E-state index is 0.136. The van der Waals surface area contributed by atoms with E-state index in [-0.39, 0.29) is 5.60 Å². The van der Waals surface area contributed by atoms with Gasteiger partial charge in [-0.2, -0.15) is 0 Å². The summed E-state index contributed by atoms with van der Waals surface area (Å²) in [5.41, 5.74) is 0.136. The SMILES string of the molecule is CCCNCC1(OC2CCCCC2CC)CCC(C)CC1. The molecule has 0 bridgehead atoms. The minimum Gasteiger partial charge on any atom is -0.370 e. The first kappa shape index (κ1) is 17.3. The molecule has 124 valence electrons. The maximum atomic E-state index is 6.86. The highest BCUT2D eigenvalue weighted by Crippen LogP contribution is 2.39. The van der Waals surface area contributed by atoms with Crippen LogP contribution >= 0.6 is 0 Å². The molecule has 0 spiro atoms. The molecule has 0 aromatic rings. The minimum absolute atomic E-state index is 0.136. The van der Waals surface area contributed by atoms with Crippen LogP contribution in [-0.4, -0.2) is 24.8 Å². The Bertz CT molecular complexity index is 283. The van der Waals surface area contributed by atoms with E-state index in [4.69, 9.17) is 4.74 Å². The first-order chi connectivity index (χ1) is 10.2. The summed E-state index contributed by atoms with van der Waals surface area (Å²) < 4.78 is 6.86. The van der Waals surface area contributed by atoms with Gasteiger partial charge >= 0.3 is 0 Å². The van der Waals surface area contributed by atoms with E-state index in [0.717, 1.165) is 24.9 Å². The average molecular weight is 296 g/mol. The van der Waals surface area contributed by atoms with Crippen LogP contribution in [0.3, 0.4) is 0 Å².